The van der Waals surface area contributed by atoms with Gasteiger partial charge in [0.15, 0.2) is 0 Å². The highest BCUT2D eigenvalue weighted by Gasteiger charge is 2.10. The predicted molar refractivity (Wildman–Crippen MR) is 73.2 cm³/mol. The zero-order valence-corrected chi connectivity index (χ0v) is 11.8. The van der Waals surface area contributed by atoms with Crippen LogP contribution in [0.1, 0.15) is 29.3 Å². The van der Waals surface area contributed by atoms with Crippen molar-refractivity contribution in [1.82, 2.24) is 5.32 Å². The van der Waals surface area contributed by atoms with Crippen LogP contribution in [0.4, 0.5) is 4.39 Å². The molecular weight excluding hydrogens is 269 g/mol. The molecule has 19 heavy (non-hydrogen) atoms. The Labute approximate surface area is 114 Å². The molecule has 6 heteroatoms. The lowest BCUT2D eigenvalue weighted by molar-refractivity contribution is 0.0692. The molecular formula is C13H18FNO3S. The Balaban J connectivity index is 2.52. The van der Waals surface area contributed by atoms with Crippen LogP contribution in [0.15, 0.2) is 18.2 Å². The number of benzene rings is 1. The second-order valence-electron chi connectivity index (χ2n) is 4.47. The Kier molecular flexibility index (Phi) is 6.11. The summed E-state index contributed by atoms with van der Waals surface area (Å²) in [5, 5.41) is 11.9. The number of halogens is 1. The first-order valence-electron chi connectivity index (χ1n) is 5.95. The van der Waals surface area contributed by atoms with Crippen molar-refractivity contribution in [2.75, 3.05) is 12.0 Å². The number of rotatable bonds is 7. The number of carboxylic acids is 1. The van der Waals surface area contributed by atoms with Crippen molar-refractivity contribution in [2.45, 2.75) is 25.9 Å². The van der Waals surface area contributed by atoms with E-state index in [1.54, 1.807) is 12.3 Å². The average molecular weight is 287 g/mol. The van der Waals surface area contributed by atoms with Gasteiger partial charge in [0, 0.05) is 35.4 Å². The Morgan fingerprint density at radius 1 is 1.53 bits per heavy atom. The second kappa shape index (κ2) is 7.35. The van der Waals surface area contributed by atoms with Crippen molar-refractivity contribution < 1.29 is 18.5 Å². The maximum atomic E-state index is 13.4. The molecule has 0 saturated heterocycles. The van der Waals surface area contributed by atoms with Crippen molar-refractivity contribution in [2.24, 2.45) is 0 Å². The van der Waals surface area contributed by atoms with Crippen LogP contribution in [0.3, 0.4) is 0 Å². The SMILES string of the molecule is CC(CCS(C)=O)NCc1ccc(C(=O)O)c(F)c1. The highest BCUT2D eigenvalue weighted by atomic mass is 32.2. The van der Waals surface area contributed by atoms with Gasteiger partial charge in [-0.2, -0.15) is 0 Å². The molecule has 0 spiro atoms. The minimum absolute atomic E-state index is 0.172. The fraction of sp³-hybridized carbons (Fsp3) is 0.462. The molecule has 2 atom stereocenters. The van der Waals surface area contributed by atoms with Gasteiger partial charge in [0.25, 0.3) is 0 Å². The number of hydrogen-bond acceptors (Lipinski definition) is 3. The molecule has 0 heterocycles. The number of hydrogen-bond donors (Lipinski definition) is 2. The zero-order chi connectivity index (χ0) is 14.4. The van der Waals surface area contributed by atoms with Gasteiger partial charge in [-0.1, -0.05) is 6.07 Å². The van der Waals surface area contributed by atoms with Crippen molar-refractivity contribution in [3.63, 3.8) is 0 Å². The van der Waals surface area contributed by atoms with E-state index in [9.17, 15) is 13.4 Å². The first kappa shape index (κ1) is 15.8. The van der Waals surface area contributed by atoms with Gasteiger partial charge in [0.1, 0.15) is 5.82 Å². The Bertz CT molecular complexity index is 479. The summed E-state index contributed by atoms with van der Waals surface area (Å²) >= 11 is 0. The summed E-state index contributed by atoms with van der Waals surface area (Å²) in [4.78, 5) is 10.7. The molecule has 2 N–H and O–H groups in total. The molecule has 0 aliphatic heterocycles. The second-order valence-corrected chi connectivity index (χ2v) is 6.02. The molecule has 4 nitrogen and oxygen atoms in total. The minimum Gasteiger partial charge on any atom is -0.478 e. The van der Waals surface area contributed by atoms with Crippen molar-refractivity contribution >= 4 is 16.8 Å². The first-order chi connectivity index (χ1) is 8.90. The summed E-state index contributed by atoms with van der Waals surface area (Å²) in [6.45, 7) is 2.42. The molecule has 1 rings (SSSR count). The van der Waals surface area contributed by atoms with Crippen LogP contribution >= 0.6 is 0 Å². The molecule has 2 unspecified atom stereocenters. The van der Waals surface area contributed by atoms with E-state index in [1.165, 1.54) is 12.1 Å². The Morgan fingerprint density at radius 2 is 2.21 bits per heavy atom. The maximum absolute atomic E-state index is 13.4. The molecule has 0 amide bonds. The largest absolute Gasteiger partial charge is 0.478 e. The van der Waals surface area contributed by atoms with Gasteiger partial charge < -0.3 is 10.4 Å². The van der Waals surface area contributed by atoms with Gasteiger partial charge in [0.05, 0.1) is 5.56 Å². The number of carboxylic acid groups (broad SMARTS) is 1. The fourth-order valence-corrected chi connectivity index (χ4v) is 2.26. The molecule has 0 fully saturated rings. The van der Waals surface area contributed by atoms with Crippen LogP contribution in [-0.4, -0.2) is 33.3 Å². The Morgan fingerprint density at radius 3 is 2.74 bits per heavy atom. The van der Waals surface area contributed by atoms with E-state index < -0.39 is 22.6 Å². The summed E-state index contributed by atoms with van der Waals surface area (Å²) in [7, 11) is -0.812. The summed E-state index contributed by atoms with van der Waals surface area (Å²) < 4.78 is 24.4. The van der Waals surface area contributed by atoms with Gasteiger partial charge >= 0.3 is 5.97 Å². The number of aromatic carboxylic acids is 1. The highest BCUT2D eigenvalue weighted by molar-refractivity contribution is 7.84. The summed E-state index contributed by atoms with van der Waals surface area (Å²) in [5.74, 6) is -1.37. The smallest absolute Gasteiger partial charge is 0.338 e. The van der Waals surface area contributed by atoms with Crippen LogP contribution in [0, 0.1) is 5.82 Å². The van der Waals surface area contributed by atoms with Gasteiger partial charge in [0.2, 0.25) is 0 Å². The van der Waals surface area contributed by atoms with Crippen molar-refractivity contribution in [1.29, 1.82) is 0 Å². The standard InChI is InChI=1S/C13H18FNO3S/c1-9(5-6-19(2)18)15-8-10-3-4-11(13(16)17)12(14)7-10/h3-4,7,9,15H,5-6,8H2,1-2H3,(H,16,17). The summed E-state index contributed by atoms with van der Waals surface area (Å²) in [5.41, 5.74) is 0.366. The van der Waals surface area contributed by atoms with E-state index in [4.69, 9.17) is 5.11 Å². The lowest BCUT2D eigenvalue weighted by Gasteiger charge is -2.13. The van der Waals surface area contributed by atoms with E-state index in [1.807, 2.05) is 6.92 Å². The molecule has 0 aliphatic carbocycles. The number of nitrogens with one attached hydrogen (secondary N) is 1. The molecule has 0 aromatic heterocycles. The van der Waals surface area contributed by atoms with Crippen LogP contribution in [-0.2, 0) is 17.3 Å². The summed E-state index contributed by atoms with van der Waals surface area (Å²) in [6.07, 6.45) is 2.44. The Hall–Kier alpha value is -1.27. The number of carbonyl (C=O) groups is 1. The van der Waals surface area contributed by atoms with Gasteiger partial charge in [-0.25, -0.2) is 9.18 Å². The van der Waals surface area contributed by atoms with Gasteiger partial charge in [-0.15, -0.1) is 0 Å². The third-order valence-corrected chi connectivity index (χ3v) is 3.57. The van der Waals surface area contributed by atoms with Crippen molar-refractivity contribution in [3.05, 3.63) is 35.1 Å². The van der Waals surface area contributed by atoms with Gasteiger partial charge in [-0.3, -0.25) is 4.21 Å². The van der Waals surface area contributed by atoms with E-state index in [0.717, 1.165) is 6.42 Å². The van der Waals surface area contributed by atoms with Gasteiger partial charge in [-0.05, 0) is 31.0 Å². The first-order valence-corrected chi connectivity index (χ1v) is 7.68. The van der Waals surface area contributed by atoms with Crippen LogP contribution < -0.4 is 5.32 Å². The van der Waals surface area contributed by atoms with Crippen LogP contribution in [0.25, 0.3) is 0 Å². The molecule has 0 saturated carbocycles. The monoisotopic (exact) mass is 287 g/mol. The predicted octanol–water partition coefficient (Wildman–Crippen LogP) is 1.77. The van der Waals surface area contributed by atoms with E-state index in [0.29, 0.717) is 17.9 Å². The third-order valence-electron chi connectivity index (χ3n) is 2.76. The lowest BCUT2D eigenvalue weighted by Crippen LogP contribution is -2.27. The minimum atomic E-state index is -1.27. The van der Waals surface area contributed by atoms with E-state index in [-0.39, 0.29) is 11.6 Å². The van der Waals surface area contributed by atoms with E-state index >= 15 is 0 Å². The normalized spacial score (nSPS) is 14.1. The molecule has 106 valence electrons. The van der Waals surface area contributed by atoms with Crippen LogP contribution in [0.2, 0.25) is 0 Å². The molecule has 1 aromatic rings. The fourth-order valence-electron chi connectivity index (χ4n) is 1.58. The molecule has 0 bridgehead atoms. The molecule has 0 radical (unpaired) electrons. The molecule has 1 aromatic carbocycles. The topological polar surface area (TPSA) is 66.4 Å². The molecule has 0 aliphatic rings. The van der Waals surface area contributed by atoms with E-state index in [2.05, 4.69) is 5.32 Å². The summed E-state index contributed by atoms with van der Waals surface area (Å²) in [6, 6.07) is 4.25. The zero-order valence-electron chi connectivity index (χ0n) is 11.0. The van der Waals surface area contributed by atoms with Crippen molar-refractivity contribution in [3.8, 4) is 0 Å². The third kappa shape index (κ3) is 5.48. The highest BCUT2D eigenvalue weighted by Crippen LogP contribution is 2.10. The quantitative estimate of drug-likeness (QED) is 0.802. The van der Waals surface area contributed by atoms with Crippen LogP contribution in [0.5, 0.6) is 0 Å². The average Bonchev–Trinajstić information content (AvgIpc) is 2.33. The maximum Gasteiger partial charge on any atom is 0.338 e. The lowest BCUT2D eigenvalue weighted by atomic mass is 10.1.